The van der Waals surface area contributed by atoms with Crippen LogP contribution < -0.4 is 15.4 Å². The lowest BCUT2D eigenvalue weighted by molar-refractivity contribution is -0.129. The molecule has 0 atom stereocenters. The van der Waals surface area contributed by atoms with Crippen molar-refractivity contribution in [2.45, 2.75) is 6.61 Å². The van der Waals surface area contributed by atoms with Crippen molar-refractivity contribution in [3.63, 3.8) is 0 Å². The Hall–Kier alpha value is -4.80. The SMILES string of the molecule is COC(=O)c1ccc(C(=O)Nc2nc(NC(=O)c3ccc(COC=O)cc3)cc(OC)n2)cc1. The minimum Gasteiger partial charge on any atom is -0.481 e. The standard InChI is InChI=1S/C23H20N4O7/c1-32-19-11-18(24-20(29)15-5-3-14(4-6-15)12-34-13-28)25-23(26-19)27-21(30)16-7-9-17(10-8-16)22(31)33-2/h3-11,13H,12H2,1-2H3,(H2,24,25,26,27,29,30). The molecular weight excluding hydrogens is 444 g/mol. The Morgan fingerprint density at radius 3 is 2.03 bits per heavy atom. The number of ether oxygens (including phenoxy) is 3. The van der Waals surface area contributed by atoms with Gasteiger partial charge in [0.05, 0.1) is 19.8 Å². The van der Waals surface area contributed by atoms with Gasteiger partial charge in [-0.1, -0.05) is 12.1 Å². The van der Waals surface area contributed by atoms with Crippen molar-refractivity contribution in [1.29, 1.82) is 0 Å². The number of carbonyl (C=O) groups is 4. The van der Waals surface area contributed by atoms with Gasteiger partial charge in [0.25, 0.3) is 18.3 Å². The molecule has 11 heteroatoms. The number of rotatable bonds is 9. The van der Waals surface area contributed by atoms with Crippen molar-refractivity contribution >= 4 is 36.0 Å². The van der Waals surface area contributed by atoms with Crippen molar-refractivity contribution in [3.8, 4) is 5.88 Å². The zero-order valence-corrected chi connectivity index (χ0v) is 18.2. The lowest BCUT2D eigenvalue weighted by Crippen LogP contribution is -2.17. The number of anilines is 2. The molecule has 34 heavy (non-hydrogen) atoms. The quantitative estimate of drug-likeness (QED) is 0.360. The molecule has 0 radical (unpaired) electrons. The number of nitrogens with zero attached hydrogens (tertiary/aromatic N) is 2. The highest BCUT2D eigenvalue weighted by Gasteiger charge is 2.14. The molecular formula is C23H20N4O7. The lowest BCUT2D eigenvalue weighted by Gasteiger charge is -2.10. The van der Waals surface area contributed by atoms with Crippen LogP contribution in [0, 0.1) is 0 Å². The molecule has 3 rings (SSSR count). The third kappa shape index (κ3) is 6.13. The number of esters is 1. The number of nitrogens with one attached hydrogen (secondary N) is 2. The van der Waals surface area contributed by atoms with Crippen molar-refractivity contribution < 1.29 is 33.4 Å². The first-order chi connectivity index (χ1) is 16.4. The predicted octanol–water partition coefficient (Wildman–Crippen LogP) is 2.45. The fourth-order valence-electron chi connectivity index (χ4n) is 2.77. The zero-order valence-electron chi connectivity index (χ0n) is 18.2. The summed E-state index contributed by atoms with van der Waals surface area (Å²) < 4.78 is 14.4. The van der Waals surface area contributed by atoms with Crippen LogP contribution in [0.5, 0.6) is 5.88 Å². The Balaban J connectivity index is 1.72. The molecule has 2 N–H and O–H groups in total. The van der Waals surface area contributed by atoms with E-state index in [0.29, 0.717) is 17.6 Å². The Labute approximate surface area is 194 Å². The van der Waals surface area contributed by atoms with Gasteiger partial charge in [-0.2, -0.15) is 9.97 Å². The van der Waals surface area contributed by atoms with Crippen LogP contribution in [0.25, 0.3) is 0 Å². The molecule has 0 aliphatic carbocycles. The maximum Gasteiger partial charge on any atom is 0.337 e. The van der Waals surface area contributed by atoms with Crippen LogP contribution in [0.1, 0.15) is 36.6 Å². The third-order valence-corrected chi connectivity index (χ3v) is 4.48. The number of hydrogen-bond donors (Lipinski definition) is 2. The van der Waals surface area contributed by atoms with E-state index in [9.17, 15) is 19.2 Å². The number of methoxy groups -OCH3 is 2. The number of aromatic nitrogens is 2. The predicted molar refractivity (Wildman–Crippen MR) is 120 cm³/mol. The van der Waals surface area contributed by atoms with Gasteiger partial charge in [-0.3, -0.25) is 19.7 Å². The van der Waals surface area contributed by atoms with E-state index < -0.39 is 17.8 Å². The van der Waals surface area contributed by atoms with Crippen LogP contribution in [-0.2, 0) is 20.9 Å². The molecule has 0 aliphatic rings. The number of benzene rings is 2. The van der Waals surface area contributed by atoms with Gasteiger partial charge < -0.3 is 19.5 Å². The maximum absolute atomic E-state index is 12.6. The Bertz CT molecular complexity index is 1190. The monoisotopic (exact) mass is 464 g/mol. The summed E-state index contributed by atoms with van der Waals surface area (Å²) in [5, 5.41) is 5.14. The molecule has 0 aliphatic heterocycles. The van der Waals surface area contributed by atoms with E-state index in [2.05, 4.69) is 30.1 Å². The molecule has 0 unspecified atom stereocenters. The normalized spacial score (nSPS) is 10.1. The summed E-state index contributed by atoms with van der Waals surface area (Å²) in [5.74, 6) is -1.40. The molecule has 1 aromatic heterocycles. The average molecular weight is 464 g/mol. The second-order valence-electron chi connectivity index (χ2n) is 6.70. The van der Waals surface area contributed by atoms with E-state index in [1.165, 1.54) is 44.6 Å². The van der Waals surface area contributed by atoms with Gasteiger partial charge in [0, 0.05) is 17.2 Å². The van der Waals surface area contributed by atoms with Crippen LogP contribution >= 0.6 is 0 Å². The number of hydrogen-bond acceptors (Lipinski definition) is 9. The van der Waals surface area contributed by atoms with E-state index in [-0.39, 0.29) is 29.8 Å². The van der Waals surface area contributed by atoms with E-state index >= 15 is 0 Å². The average Bonchev–Trinajstić information content (AvgIpc) is 2.87. The summed E-state index contributed by atoms with van der Waals surface area (Å²) in [6.45, 7) is 0.444. The summed E-state index contributed by atoms with van der Waals surface area (Å²) in [6, 6.07) is 13.6. The molecule has 11 nitrogen and oxygen atoms in total. The van der Waals surface area contributed by atoms with E-state index in [4.69, 9.17) is 4.74 Å². The van der Waals surface area contributed by atoms with E-state index in [1.54, 1.807) is 24.3 Å². The van der Waals surface area contributed by atoms with Gasteiger partial charge in [-0.15, -0.1) is 0 Å². The van der Waals surface area contributed by atoms with Crippen molar-refractivity contribution in [1.82, 2.24) is 9.97 Å². The molecule has 1 heterocycles. The fraction of sp³-hybridized carbons (Fsp3) is 0.130. The van der Waals surface area contributed by atoms with E-state index in [1.807, 2.05) is 0 Å². The second-order valence-corrected chi connectivity index (χ2v) is 6.70. The smallest absolute Gasteiger partial charge is 0.337 e. The van der Waals surface area contributed by atoms with Crippen LogP contribution in [0.4, 0.5) is 11.8 Å². The lowest BCUT2D eigenvalue weighted by atomic mass is 10.1. The van der Waals surface area contributed by atoms with Crippen molar-refractivity contribution in [2.24, 2.45) is 0 Å². The van der Waals surface area contributed by atoms with Crippen LogP contribution in [0.3, 0.4) is 0 Å². The summed E-state index contributed by atoms with van der Waals surface area (Å²) in [6.07, 6.45) is 0. The fourth-order valence-corrected chi connectivity index (χ4v) is 2.77. The summed E-state index contributed by atoms with van der Waals surface area (Å²) >= 11 is 0. The Morgan fingerprint density at radius 2 is 1.44 bits per heavy atom. The highest BCUT2D eigenvalue weighted by atomic mass is 16.5. The highest BCUT2D eigenvalue weighted by Crippen LogP contribution is 2.18. The zero-order chi connectivity index (χ0) is 24.5. The minimum absolute atomic E-state index is 0.0987. The molecule has 2 aromatic carbocycles. The molecule has 0 fully saturated rings. The van der Waals surface area contributed by atoms with Crippen molar-refractivity contribution in [3.05, 3.63) is 76.9 Å². The maximum atomic E-state index is 12.6. The number of carbonyl (C=O) groups excluding carboxylic acids is 4. The first kappa shape index (κ1) is 23.9. The highest BCUT2D eigenvalue weighted by molar-refractivity contribution is 6.05. The number of amides is 2. The summed E-state index contributed by atoms with van der Waals surface area (Å²) in [7, 11) is 2.64. The van der Waals surface area contributed by atoms with Crippen LogP contribution in [-0.4, -0.2) is 48.4 Å². The second kappa shape index (κ2) is 11.2. The topological polar surface area (TPSA) is 146 Å². The van der Waals surface area contributed by atoms with Gasteiger partial charge in [0.1, 0.15) is 12.4 Å². The van der Waals surface area contributed by atoms with Crippen LogP contribution in [0.15, 0.2) is 54.6 Å². The first-order valence-electron chi connectivity index (χ1n) is 9.82. The summed E-state index contributed by atoms with van der Waals surface area (Å²) in [4.78, 5) is 55.2. The molecule has 3 aromatic rings. The molecule has 0 bridgehead atoms. The molecule has 0 saturated carbocycles. The molecule has 0 spiro atoms. The first-order valence-corrected chi connectivity index (χ1v) is 9.82. The Morgan fingerprint density at radius 1 is 0.853 bits per heavy atom. The third-order valence-electron chi connectivity index (χ3n) is 4.48. The molecule has 2 amide bonds. The van der Waals surface area contributed by atoms with Gasteiger partial charge in [0.15, 0.2) is 0 Å². The van der Waals surface area contributed by atoms with E-state index in [0.717, 1.165) is 5.56 Å². The van der Waals surface area contributed by atoms with Gasteiger partial charge in [-0.05, 0) is 42.0 Å². The Kier molecular flexibility index (Phi) is 7.84. The molecule has 0 saturated heterocycles. The largest absolute Gasteiger partial charge is 0.481 e. The van der Waals surface area contributed by atoms with Gasteiger partial charge in [-0.25, -0.2) is 4.79 Å². The van der Waals surface area contributed by atoms with Gasteiger partial charge >= 0.3 is 5.97 Å². The van der Waals surface area contributed by atoms with Crippen molar-refractivity contribution in [2.75, 3.05) is 24.9 Å². The minimum atomic E-state index is -0.532. The van der Waals surface area contributed by atoms with Crippen LogP contribution in [0.2, 0.25) is 0 Å². The van der Waals surface area contributed by atoms with Gasteiger partial charge in [0.2, 0.25) is 11.8 Å². The molecule has 174 valence electrons. The summed E-state index contributed by atoms with van der Waals surface area (Å²) in [5.41, 5.74) is 1.61.